The van der Waals surface area contributed by atoms with Crippen LogP contribution in [-0.2, 0) is 18.3 Å². The van der Waals surface area contributed by atoms with Gasteiger partial charge in [-0.05, 0) is 24.5 Å². The zero-order valence-electron chi connectivity index (χ0n) is 8.76. The summed E-state index contributed by atoms with van der Waals surface area (Å²) in [6.07, 6.45) is 2.94. The lowest BCUT2D eigenvalue weighted by Gasteiger charge is -2.05. The molecule has 2 N–H and O–H groups in total. The molecule has 0 amide bonds. The zero-order valence-corrected chi connectivity index (χ0v) is 8.76. The van der Waals surface area contributed by atoms with Gasteiger partial charge in [0.05, 0.1) is 13.5 Å². The van der Waals surface area contributed by atoms with E-state index in [1.165, 1.54) is 4.80 Å². The van der Waals surface area contributed by atoms with Gasteiger partial charge in [0.1, 0.15) is 5.78 Å². The number of tetrazole rings is 1. The van der Waals surface area contributed by atoms with Crippen molar-refractivity contribution in [2.24, 2.45) is 18.7 Å². The highest BCUT2D eigenvalue weighted by atomic mass is 16.1. The number of aromatic nitrogens is 4. The van der Waals surface area contributed by atoms with Crippen LogP contribution in [0.4, 0.5) is 0 Å². The smallest absolute Gasteiger partial charge is 0.182 e. The van der Waals surface area contributed by atoms with Gasteiger partial charge in [0.15, 0.2) is 5.82 Å². The SMILES string of the molecule is Cn1nnc(CC(=O)C2CCC(N)C2)n1. The molecule has 6 heteroatoms. The van der Waals surface area contributed by atoms with Crippen molar-refractivity contribution in [3.63, 3.8) is 0 Å². The number of carbonyl (C=O) groups is 1. The number of hydrogen-bond donors (Lipinski definition) is 1. The minimum atomic E-state index is 0.101. The third-order valence-electron chi connectivity index (χ3n) is 2.81. The molecule has 6 nitrogen and oxygen atoms in total. The highest BCUT2D eigenvalue weighted by molar-refractivity contribution is 5.82. The van der Waals surface area contributed by atoms with Crippen LogP contribution in [0.2, 0.25) is 0 Å². The molecule has 2 atom stereocenters. The van der Waals surface area contributed by atoms with Gasteiger partial charge in [-0.1, -0.05) is 0 Å². The van der Waals surface area contributed by atoms with Crippen molar-refractivity contribution in [3.8, 4) is 0 Å². The minimum Gasteiger partial charge on any atom is -0.328 e. The van der Waals surface area contributed by atoms with E-state index in [9.17, 15) is 4.79 Å². The fraction of sp³-hybridized carbons (Fsp3) is 0.778. The average molecular weight is 209 g/mol. The summed E-state index contributed by atoms with van der Waals surface area (Å²) < 4.78 is 0. The molecule has 2 unspecified atom stereocenters. The largest absolute Gasteiger partial charge is 0.328 e. The van der Waals surface area contributed by atoms with Crippen molar-refractivity contribution in [3.05, 3.63) is 5.82 Å². The molecule has 0 radical (unpaired) electrons. The van der Waals surface area contributed by atoms with Gasteiger partial charge in [-0.15, -0.1) is 10.2 Å². The van der Waals surface area contributed by atoms with Crippen molar-refractivity contribution >= 4 is 5.78 Å². The zero-order chi connectivity index (χ0) is 10.8. The summed E-state index contributed by atoms with van der Waals surface area (Å²) >= 11 is 0. The van der Waals surface area contributed by atoms with Crippen LogP contribution in [0.5, 0.6) is 0 Å². The number of nitrogens with zero attached hydrogens (tertiary/aromatic N) is 4. The second-order valence-electron chi connectivity index (χ2n) is 4.11. The second-order valence-corrected chi connectivity index (χ2v) is 4.11. The Labute approximate surface area is 87.8 Å². The molecule has 1 aliphatic rings. The molecule has 0 aliphatic heterocycles. The van der Waals surface area contributed by atoms with Crippen molar-refractivity contribution in [1.29, 1.82) is 0 Å². The Hall–Kier alpha value is -1.30. The van der Waals surface area contributed by atoms with Gasteiger partial charge < -0.3 is 5.73 Å². The fourth-order valence-electron chi connectivity index (χ4n) is 2.00. The monoisotopic (exact) mass is 209 g/mol. The van der Waals surface area contributed by atoms with E-state index in [0.29, 0.717) is 5.82 Å². The summed E-state index contributed by atoms with van der Waals surface area (Å²) in [6, 6.07) is 0.189. The van der Waals surface area contributed by atoms with Crippen LogP contribution < -0.4 is 5.73 Å². The Morgan fingerprint density at radius 3 is 2.93 bits per heavy atom. The maximum Gasteiger partial charge on any atom is 0.182 e. The Bertz CT molecular complexity index is 361. The fourth-order valence-corrected chi connectivity index (χ4v) is 2.00. The molecule has 82 valence electrons. The highest BCUT2D eigenvalue weighted by Crippen LogP contribution is 2.25. The van der Waals surface area contributed by atoms with Gasteiger partial charge >= 0.3 is 0 Å². The minimum absolute atomic E-state index is 0.101. The molecule has 0 bridgehead atoms. The third kappa shape index (κ3) is 2.38. The standard InChI is InChI=1S/C9H15N5O/c1-14-12-9(11-13-14)5-8(15)6-2-3-7(10)4-6/h6-7H,2-5,10H2,1H3. The molecule has 1 fully saturated rings. The Kier molecular flexibility index (Phi) is 2.77. The van der Waals surface area contributed by atoms with Crippen LogP contribution in [0.15, 0.2) is 0 Å². The van der Waals surface area contributed by atoms with Crippen molar-refractivity contribution < 1.29 is 4.79 Å². The average Bonchev–Trinajstić information content (AvgIpc) is 2.75. The first kappa shape index (κ1) is 10.2. The summed E-state index contributed by atoms with van der Waals surface area (Å²) in [6.45, 7) is 0. The third-order valence-corrected chi connectivity index (χ3v) is 2.81. The number of nitrogens with two attached hydrogens (primary N) is 1. The first-order chi connectivity index (χ1) is 7.15. The number of hydrogen-bond acceptors (Lipinski definition) is 5. The second kappa shape index (κ2) is 4.06. The van der Waals surface area contributed by atoms with Crippen LogP contribution >= 0.6 is 0 Å². The van der Waals surface area contributed by atoms with Crippen molar-refractivity contribution in [2.45, 2.75) is 31.7 Å². The van der Waals surface area contributed by atoms with E-state index >= 15 is 0 Å². The van der Waals surface area contributed by atoms with E-state index < -0.39 is 0 Å². The highest BCUT2D eigenvalue weighted by Gasteiger charge is 2.28. The van der Waals surface area contributed by atoms with Crippen LogP contribution in [0.25, 0.3) is 0 Å². The van der Waals surface area contributed by atoms with Crippen LogP contribution in [0.1, 0.15) is 25.1 Å². The molecule has 0 aromatic carbocycles. The first-order valence-electron chi connectivity index (χ1n) is 5.16. The first-order valence-corrected chi connectivity index (χ1v) is 5.16. The summed E-state index contributed by atoms with van der Waals surface area (Å²) in [4.78, 5) is 13.2. The van der Waals surface area contributed by atoms with E-state index in [1.807, 2.05) is 0 Å². The number of rotatable bonds is 3. The van der Waals surface area contributed by atoms with Gasteiger partial charge in [0.2, 0.25) is 0 Å². The van der Waals surface area contributed by atoms with Gasteiger partial charge in [-0.25, -0.2) is 0 Å². The lowest BCUT2D eigenvalue weighted by molar-refractivity contribution is -0.122. The predicted molar refractivity (Wildman–Crippen MR) is 52.8 cm³/mol. The molecule has 1 aromatic heterocycles. The molecule has 1 heterocycles. The lowest BCUT2D eigenvalue weighted by atomic mass is 10.00. The number of aryl methyl sites for hydroxylation is 1. The van der Waals surface area contributed by atoms with Crippen LogP contribution in [0.3, 0.4) is 0 Å². The van der Waals surface area contributed by atoms with Crippen LogP contribution in [0, 0.1) is 5.92 Å². The summed E-state index contributed by atoms with van der Waals surface area (Å²) in [5.74, 6) is 0.794. The Morgan fingerprint density at radius 2 is 2.40 bits per heavy atom. The molecule has 1 aromatic rings. The van der Waals surface area contributed by atoms with Crippen LogP contribution in [-0.4, -0.2) is 32.0 Å². The van der Waals surface area contributed by atoms with E-state index in [1.54, 1.807) is 7.05 Å². The predicted octanol–water partition coefficient (Wildman–Crippen LogP) is -0.551. The Balaban J connectivity index is 1.92. The molecular weight excluding hydrogens is 194 g/mol. The summed E-state index contributed by atoms with van der Waals surface area (Å²) in [7, 11) is 1.69. The lowest BCUT2D eigenvalue weighted by Crippen LogP contribution is -2.19. The molecule has 0 spiro atoms. The van der Waals surface area contributed by atoms with Crippen molar-refractivity contribution in [2.75, 3.05) is 0 Å². The van der Waals surface area contributed by atoms with Gasteiger partial charge in [0, 0.05) is 12.0 Å². The topological polar surface area (TPSA) is 86.7 Å². The maximum atomic E-state index is 11.8. The number of Topliss-reactive ketones (excluding diaryl/α,β-unsaturated/α-hetero) is 1. The number of carbonyl (C=O) groups excluding carboxylic acids is 1. The summed E-state index contributed by atoms with van der Waals surface area (Å²) in [5, 5.41) is 11.5. The quantitative estimate of drug-likeness (QED) is 0.721. The molecule has 0 saturated heterocycles. The number of ketones is 1. The van der Waals surface area contributed by atoms with Gasteiger partial charge in [-0.3, -0.25) is 4.79 Å². The van der Waals surface area contributed by atoms with E-state index in [2.05, 4.69) is 15.4 Å². The van der Waals surface area contributed by atoms with E-state index in [-0.39, 0.29) is 24.2 Å². The van der Waals surface area contributed by atoms with E-state index in [0.717, 1.165) is 19.3 Å². The van der Waals surface area contributed by atoms with E-state index in [4.69, 9.17) is 5.73 Å². The van der Waals surface area contributed by atoms with Crippen molar-refractivity contribution in [1.82, 2.24) is 20.2 Å². The Morgan fingerprint density at radius 1 is 1.60 bits per heavy atom. The molecule has 1 saturated carbocycles. The molecule has 2 rings (SSSR count). The molecule has 15 heavy (non-hydrogen) atoms. The van der Waals surface area contributed by atoms with Gasteiger partial charge in [0.25, 0.3) is 0 Å². The summed E-state index contributed by atoms with van der Waals surface area (Å²) in [5.41, 5.74) is 5.76. The molecular formula is C9H15N5O. The normalized spacial score (nSPS) is 25.7. The van der Waals surface area contributed by atoms with Gasteiger partial charge in [-0.2, -0.15) is 4.80 Å². The maximum absolute atomic E-state index is 11.8. The molecule has 1 aliphatic carbocycles.